The van der Waals surface area contributed by atoms with E-state index in [0.717, 1.165) is 21.8 Å². The van der Waals surface area contributed by atoms with Crippen molar-refractivity contribution in [2.75, 3.05) is 0 Å². The van der Waals surface area contributed by atoms with Crippen molar-refractivity contribution in [2.24, 2.45) is 0 Å². The molecular weight excluding hydrogens is 530 g/mol. The van der Waals surface area contributed by atoms with Crippen molar-refractivity contribution in [2.45, 2.75) is 53.8 Å². The molecule has 0 aliphatic carbocycles. The summed E-state index contributed by atoms with van der Waals surface area (Å²) in [6, 6.07) is 3.66. The van der Waals surface area contributed by atoms with E-state index >= 15 is 0 Å². The van der Waals surface area contributed by atoms with E-state index in [-0.39, 0.29) is 12.2 Å². The predicted octanol–water partition coefficient (Wildman–Crippen LogP) is 4.95. The first-order valence-corrected chi connectivity index (χ1v) is 12.6. The van der Waals surface area contributed by atoms with Crippen molar-refractivity contribution in [3.63, 3.8) is 0 Å². The van der Waals surface area contributed by atoms with E-state index < -0.39 is 5.60 Å². The molecule has 1 N–H and O–H groups in total. The highest BCUT2D eigenvalue weighted by Gasteiger charge is 2.22. The zero-order valence-corrected chi connectivity index (χ0v) is 22.8. The van der Waals surface area contributed by atoms with Crippen LogP contribution in [0.4, 0.5) is 0 Å². The van der Waals surface area contributed by atoms with Crippen LogP contribution in [-0.4, -0.2) is 29.6 Å². The molecule has 0 spiro atoms. The minimum Gasteiger partial charge on any atom is -0.486 e. The quantitative estimate of drug-likeness (QED) is 0.359. The number of ether oxygens (including phenoxy) is 1. The number of aliphatic hydroxyl groups is 1. The smallest absolute Gasteiger partial charge is 0.273 e. The summed E-state index contributed by atoms with van der Waals surface area (Å²) in [5.41, 5.74) is 3.59. The molecule has 0 amide bonds. The van der Waals surface area contributed by atoms with Crippen LogP contribution in [0.5, 0.6) is 5.75 Å². The molecule has 0 unspecified atom stereocenters. The minimum atomic E-state index is -1.19. The van der Waals surface area contributed by atoms with Gasteiger partial charge in [-0.15, -0.1) is 11.3 Å². The molecule has 8 nitrogen and oxygen atoms in total. The molecule has 4 rings (SSSR count). The Morgan fingerprint density at radius 1 is 1.09 bits per heavy atom. The highest BCUT2D eigenvalue weighted by Crippen LogP contribution is 2.29. The fourth-order valence-corrected chi connectivity index (χ4v) is 4.60. The van der Waals surface area contributed by atoms with Gasteiger partial charge in [-0.25, -0.2) is 15.0 Å². The first-order valence-electron chi connectivity index (χ1n) is 11.0. The van der Waals surface area contributed by atoms with E-state index in [4.69, 9.17) is 4.74 Å². The van der Waals surface area contributed by atoms with Crippen LogP contribution in [0.1, 0.15) is 47.2 Å². The topological polar surface area (TPSA) is 103 Å². The highest BCUT2D eigenvalue weighted by atomic mass is 79.9. The summed E-state index contributed by atoms with van der Waals surface area (Å²) in [6.45, 7) is 11.1. The molecule has 0 saturated heterocycles. The Hall–Kier alpha value is -2.95. The van der Waals surface area contributed by atoms with Gasteiger partial charge in [-0.1, -0.05) is 0 Å². The van der Waals surface area contributed by atoms with Gasteiger partial charge in [0, 0.05) is 29.5 Å². The van der Waals surface area contributed by atoms with Gasteiger partial charge in [0.25, 0.3) is 5.56 Å². The molecule has 35 heavy (non-hydrogen) atoms. The molecule has 0 atom stereocenters. The molecule has 0 radical (unpaired) electrons. The summed E-state index contributed by atoms with van der Waals surface area (Å²) in [7, 11) is 0. The fourth-order valence-electron chi connectivity index (χ4n) is 3.59. The molecule has 4 heterocycles. The minimum absolute atomic E-state index is 0.244. The van der Waals surface area contributed by atoms with Gasteiger partial charge in [0.2, 0.25) is 0 Å². The molecule has 0 aliphatic rings. The number of rotatable bonds is 6. The molecular formula is C25H26BrN5O3S. The van der Waals surface area contributed by atoms with E-state index in [1.165, 1.54) is 0 Å². The first-order chi connectivity index (χ1) is 16.5. The lowest BCUT2D eigenvalue weighted by Gasteiger charge is -2.18. The number of pyridine rings is 2. The van der Waals surface area contributed by atoms with Gasteiger partial charge in [-0.2, -0.15) is 0 Å². The Morgan fingerprint density at radius 3 is 2.46 bits per heavy atom. The van der Waals surface area contributed by atoms with Crippen LogP contribution in [0.2, 0.25) is 0 Å². The third-order valence-corrected chi connectivity index (χ3v) is 6.97. The molecule has 0 bridgehead atoms. The summed E-state index contributed by atoms with van der Waals surface area (Å²) in [5.74, 6) is 0.762. The average molecular weight is 556 g/mol. The number of hydrogen-bond acceptors (Lipinski definition) is 8. The van der Waals surface area contributed by atoms with Gasteiger partial charge in [0.05, 0.1) is 27.8 Å². The van der Waals surface area contributed by atoms with E-state index in [1.807, 2.05) is 45.2 Å². The van der Waals surface area contributed by atoms with Gasteiger partial charge in [0.15, 0.2) is 5.82 Å². The van der Waals surface area contributed by atoms with E-state index in [9.17, 15) is 9.90 Å². The number of hydrogen-bond donors (Lipinski definition) is 1. The van der Waals surface area contributed by atoms with Crippen molar-refractivity contribution in [1.82, 2.24) is 24.5 Å². The van der Waals surface area contributed by atoms with Crippen molar-refractivity contribution in [3.8, 4) is 22.8 Å². The largest absolute Gasteiger partial charge is 0.486 e. The number of aromatic nitrogens is 5. The second kappa shape index (κ2) is 9.60. The summed E-state index contributed by atoms with van der Waals surface area (Å²) >= 11 is 4.99. The molecule has 0 saturated carbocycles. The maximum absolute atomic E-state index is 13.4. The van der Waals surface area contributed by atoms with Crippen LogP contribution >= 0.6 is 27.3 Å². The van der Waals surface area contributed by atoms with Crippen LogP contribution < -0.4 is 10.3 Å². The molecule has 0 fully saturated rings. The maximum atomic E-state index is 13.4. The van der Waals surface area contributed by atoms with Gasteiger partial charge in [0.1, 0.15) is 22.4 Å². The third-order valence-electron chi connectivity index (χ3n) is 5.42. The van der Waals surface area contributed by atoms with Crippen LogP contribution in [-0.2, 0) is 12.2 Å². The van der Waals surface area contributed by atoms with Crippen molar-refractivity contribution < 1.29 is 9.84 Å². The van der Waals surface area contributed by atoms with Crippen LogP contribution in [0.25, 0.3) is 17.1 Å². The van der Waals surface area contributed by atoms with Crippen LogP contribution in [0.3, 0.4) is 0 Å². The number of nitrogens with zero attached hydrogens (tertiary/aromatic N) is 5. The monoisotopic (exact) mass is 555 g/mol. The average Bonchev–Trinajstić information content (AvgIpc) is 3.21. The molecule has 4 aromatic rings. The van der Waals surface area contributed by atoms with Crippen molar-refractivity contribution in [1.29, 1.82) is 0 Å². The molecule has 10 heteroatoms. The molecule has 4 aromatic heterocycles. The van der Waals surface area contributed by atoms with E-state index in [0.29, 0.717) is 38.8 Å². The number of halogens is 1. The van der Waals surface area contributed by atoms with Crippen molar-refractivity contribution in [3.05, 3.63) is 78.1 Å². The molecule has 182 valence electrons. The Balaban J connectivity index is 1.76. The van der Waals surface area contributed by atoms with Crippen molar-refractivity contribution >= 4 is 27.3 Å². The van der Waals surface area contributed by atoms with Gasteiger partial charge >= 0.3 is 0 Å². The first kappa shape index (κ1) is 25.2. The van der Waals surface area contributed by atoms with E-state index in [1.54, 1.807) is 42.1 Å². The Bertz CT molecular complexity index is 1470. The standard InChI is InChI=1S/C25H26BrN5O3S/c1-13-9-27-18(22-14(2)10-28-24(30-22)25(5,6)33)8-19(13)31-15(3)7-20(21(26)23(31)32)34-11-17-12-35-16(4)29-17/h7-10,12,33H,11H2,1-6H3. The lowest BCUT2D eigenvalue weighted by molar-refractivity contribution is 0.0688. The second-order valence-electron chi connectivity index (χ2n) is 8.89. The second-order valence-corrected chi connectivity index (χ2v) is 10.7. The fraction of sp³-hybridized carbons (Fsp3) is 0.320. The lowest BCUT2D eigenvalue weighted by Crippen LogP contribution is -2.23. The van der Waals surface area contributed by atoms with Gasteiger partial charge in [-0.05, 0) is 74.7 Å². The number of aryl methyl sites for hydroxylation is 4. The zero-order valence-electron chi connectivity index (χ0n) is 20.4. The predicted molar refractivity (Wildman–Crippen MR) is 139 cm³/mol. The summed E-state index contributed by atoms with van der Waals surface area (Å²) in [6.07, 6.45) is 3.38. The zero-order chi connectivity index (χ0) is 25.5. The summed E-state index contributed by atoms with van der Waals surface area (Å²) < 4.78 is 7.86. The van der Waals surface area contributed by atoms with Gasteiger partial charge < -0.3 is 9.84 Å². The Kier molecular flexibility index (Phi) is 6.90. The summed E-state index contributed by atoms with van der Waals surface area (Å²) in [5, 5.41) is 13.3. The van der Waals surface area contributed by atoms with E-state index in [2.05, 4.69) is 35.9 Å². The Labute approximate surface area is 215 Å². The lowest BCUT2D eigenvalue weighted by atomic mass is 10.1. The SMILES string of the molecule is Cc1nc(COc2cc(C)n(-c3cc(-c4nc(C(C)(C)O)ncc4C)ncc3C)c(=O)c2Br)cs1. The Morgan fingerprint density at radius 2 is 1.80 bits per heavy atom. The molecule has 0 aromatic carbocycles. The van der Waals surface area contributed by atoms with Crippen LogP contribution in [0, 0.1) is 27.7 Å². The summed E-state index contributed by atoms with van der Waals surface area (Å²) in [4.78, 5) is 31.2. The maximum Gasteiger partial charge on any atom is 0.273 e. The van der Waals surface area contributed by atoms with Gasteiger partial charge in [-0.3, -0.25) is 14.3 Å². The number of thiazole rings is 1. The third kappa shape index (κ3) is 5.19. The normalized spacial score (nSPS) is 11.7. The van der Waals surface area contributed by atoms with Crippen LogP contribution in [0.15, 0.2) is 39.2 Å². The highest BCUT2D eigenvalue weighted by molar-refractivity contribution is 9.10. The molecule has 0 aliphatic heterocycles.